The zero-order valence-corrected chi connectivity index (χ0v) is 16.3. The lowest BCUT2D eigenvalue weighted by atomic mass is 10.1. The van der Waals surface area contributed by atoms with Crippen molar-refractivity contribution in [2.45, 2.75) is 26.8 Å². The van der Waals surface area contributed by atoms with Crippen LogP contribution in [0.25, 0.3) is 0 Å². The first-order valence-electron chi connectivity index (χ1n) is 9.68. The summed E-state index contributed by atoms with van der Waals surface area (Å²) in [6, 6.07) is 13.8. The van der Waals surface area contributed by atoms with Crippen molar-refractivity contribution in [1.29, 1.82) is 0 Å². The van der Waals surface area contributed by atoms with E-state index >= 15 is 0 Å². The van der Waals surface area contributed by atoms with Crippen LogP contribution >= 0.6 is 0 Å². The molecular weight excluding hydrogens is 357 g/mol. The Morgan fingerprint density at radius 2 is 1.75 bits per heavy atom. The standard InChI is InChI=1S/C22H26FN3O2/c1-3-25(4-2)20-11-9-19(10-12-20)24-22(28)17-13-21(27)26(15-17)14-16-5-7-18(23)8-6-16/h5-12,17H,3-4,13-15H2,1-2H3,(H,24,28). The Kier molecular flexibility index (Phi) is 6.29. The van der Waals surface area contributed by atoms with Crippen molar-refractivity contribution in [3.05, 3.63) is 59.9 Å². The second kappa shape index (κ2) is 8.87. The van der Waals surface area contributed by atoms with Crippen molar-refractivity contribution in [1.82, 2.24) is 4.90 Å². The Hall–Kier alpha value is -2.89. The van der Waals surface area contributed by atoms with Gasteiger partial charge in [0, 0.05) is 44.0 Å². The number of rotatable bonds is 7. The molecule has 5 nitrogen and oxygen atoms in total. The molecule has 1 heterocycles. The Labute approximate surface area is 165 Å². The summed E-state index contributed by atoms with van der Waals surface area (Å²) in [5, 5.41) is 2.91. The van der Waals surface area contributed by atoms with E-state index in [2.05, 4.69) is 24.1 Å². The topological polar surface area (TPSA) is 52.7 Å². The van der Waals surface area contributed by atoms with Crippen molar-refractivity contribution in [3.8, 4) is 0 Å². The molecule has 1 aliphatic heterocycles. The van der Waals surface area contributed by atoms with Gasteiger partial charge in [-0.1, -0.05) is 12.1 Å². The predicted molar refractivity (Wildman–Crippen MR) is 109 cm³/mol. The molecule has 2 aromatic rings. The largest absolute Gasteiger partial charge is 0.372 e. The third kappa shape index (κ3) is 4.68. The van der Waals surface area contributed by atoms with E-state index in [1.807, 2.05) is 24.3 Å². The number of hydrogen-bond acceptors (Lipinski definition) is 3. The van der Waals surface area contributed by atoms with E-state index in [4.69, 9.17) is 0 Å². The SMILES string of the molecule is CCN(CC)c1ccc(NC(=O)C2CC(=O)N(Cc3ccc(F)cc3)C2)cc1. The molecule has 0 spiro atoms. The Balaban J connectivity index is 1.57. The van der Waals surface area contributed by atoms with Crippen LogP contribution in [0, 0.1) is 11.7 Å². The minimum Gasteiger partial charge on any atom is -0.372 e. The summed E-state index contributed by atoms with van der Waals surface area (Å²) < 4.78 is 13.0. The lowest BCUT2D eigenvalue weighted by Gasteiger charge is -2.21. The number of carbonyl (C=O) groups is 2. The smallest absolute Gasteiger partial charge is 0.229 e. The van der Waals surface area contributed by atoms with Gasteiger partial charge in [-0.2, -0.15) is 0 Å². The first kappa shape index (κ1) is 19.9. The normalized spacial score (nSPS) is 16.3. The molecule has 3 rings (SSSR count). The third-order valence-electron chi connectivity index (χ3n) is 5.14. The molecule has 1 unspecified atom stereocenters. The van der Waals surface area contributed by atoms with Gasteiger partial charge < -0.3 is 15.1 Å². The maximum Gasteiger partial charge on any atom is 0.229 e. The van der Waals surface area contributed by atoms with Gasteiger partial charge in [0.1, 0.15) is 5.82 Å². The molecule has 0 aliphatic carbocycles. The number of halogens is 1. The summed E-state index contributed by atoms with van der Waals surface area (Å²) in [6.07, 6.45) is 0.199. The van der Waals surface area contributed by atoms with Gasteiger partial charge in [-0.05, 0) is 55.8 Å². The van der Waals surface area contributed by atoms with Gasteiger partial charge >= 0.3 is 0 Å². The van der Waals surface area contributed by atoms with Gasteiger partial charge in [0.15, 0.2) is 0 Å². The highest BCUT2D eigenvalue weighted by Crippen LogP contribution is 2.23. The maximum atomic E-state index is 13.0. The molecule has 1 N–H and O–H groups in total. The number of benzene rings is 2. The molecule has 0 saturated carbocycles. The predicted octanol–water partition coefficient (Wildman–Crippen LogP) is 3.66. The monoisotopic (exact) mass is 383 g/mol. The molecule has 148 valence electrons. The molecule has 2 aromatic carbocycles. The zero-order valence-electron chi connectivity index (χ0n) is 16.3. The number of hydrogen-bond donors (Lipinski definition) is 1. The van der Waals surface area contributed by atoms with Crippen LogP contribution in [0.5, 0.6) is 0 Å². The van der Waals surface area contributed by atoms with Crippen LogP contribution in [0.15, 0.2) is 48.5 Å². The average molecular weight is 383 g/mol. The van der Waals surface area contributed by atoms with Crippen LogP contribution in [0.3, 0.4) is 0 Å². The van der Waals surface area contributed by atoms with Gasteiger partial charge in [-0.25, -0.2) is 4.39 Å². The minimum atomic E-state index is -0.379. The highest BCUT2D eigenvalue weighted by Gasteiger charge is 2.34. The van der Waals surface area contributed by atoms with Crippen molar-refractivity contribution in [2.75, 3.05) is 29.9 Å². The molecule has 1 fully saturated rings. The highest BCUT2D eigenvalue weighted by molar-refractivity contribution is 5.97. The average Bonchev–Trinajstić information content (AvgIpc) is 3.06. The van der Waals surface area contributed by atoms with Crippen LogP contribution in [0.2, 0.25) is 0 Å². The van der Waals surface area contributed by atoms with Crippen LogP contribution < -0.4 is 10.2 Å². The number of likely N-dealkylation sites (tertiary alicyclic amines) is 1. The van der Waals surface area contributed by atoms with E-state index in [1.165, 1.54) is 12.1 Å². The maximum absolute atomic E-state index is 13.0. The Morgan fingerprint density at radius 1 is 1.11 bits per heavy atom. The van der Waals surface area contributed by atoms with Crippen molar-refractivity contribution in [2.24, 2.45) is 5.92 Å². The van der Waals surface area contributed by atoms with Gasteiger partial charge in [0.2, 0.25) is 11.8 Å². The fourth-order valence-electron chi connectivity index (χ4n) is 3.50. The van der Waals surface area contributed by atoms with Gasteiger partial charge in [0.25, 0.3) is 0 Å². The summed E-state index contributed by atoms with van der Waals surface area (Å²) in [5.41, 5.74) is 2.69. The molecule has 2 amide bonds. The summed E-state index contributed by atoms with van der Waals surface area (Å²) in [6.45, 7) is 6.83. The van der Waals surface area contributed by atoms with Crippen molar-refractivity contribution in [3.63, 3.8) is 0 Å². The van der Waals surface area contributed by atoms with E-state index in [0.717, 1.165) is 30.0 Å². The molecule has 0 bridgehead atoms. The molecule has 1 atom stereocenters. The molecular formula is C22H26FN3O2. The molecule has 1 aliphatic rings. The molecule has 6 heteroatoms. The van der Waals surface area contributed by atoms with E-state index in [-0.39, 0.29) is 30.0 Å². The van der Waals surface area contributed by atoms with Crippen LogP contribution in [0.1, 0.15) is 25.8 Å². The second-order valence-electron chi connectivity index (χ2n) is 7.01. The van der Waals surface area contributed by atoms with Gasteiger partial charge in [-0.15, -0.1) is 0 Å². The first-order valence-corrected chi connectivity index (χ1v) is 9.68. The number of amides is 2. The minimum absolute atomic E-state index is 0.0543. The van der Waals surface area contributed by atoms with Crippen LogP contribution in [-0.4, -0.2) is 36.3 Å². The van der Waals surface area contributed by atoms with Crippen LogP contribution in [0.4, 0.5) is 15.8 Å². The summed E-state index contributed by atoms with van der Waals surface area (Å²) in [4.78, 5) is 28.7. The molecule has 1 saturated heterocycles. The van der Waals surface area contributed by atoms with E-state index in [0.29, 0.717) is 13.1 Å². The number of anilines is 2. The summed E-state index contributed by atoms with van der Waals surface area (Å²) in [7, 11) is 0. The number of carbonyl (C=O) groups excluding carboxylic acids is 2. The van der Waals surface area contributed by atoms with Crippen molar-refractivity contribution >= 4 is 23.2 Å². The van der Waals surface area contributed by atoms with E-state index in [9.17, 15) is 14.0 Å². The van der Waals surface area contributed by atoms with E-state index in [1.54, 1.807) is 17.0 Å². The fraction of sp³-hybridized carbons (Fsp3) is 0.364. The first-order chi connectivity index (χ1) is 13.5. The Bertz CT molecular complexity index is 817. The zero-order chi connectivity index (χ0) is 20.1. The third-order valence-corrected chi connectivity index (χ3v) is 5.14. The number of nitrogens with one attached hydrogen (secondary N) is 1. The van der Waals surface area contributed by atoms with Crippen LogP contribution in [-0.2, 0) is 16.1 Å². The van der Waals surface area contributed by atoms with Gasteiger partial charge in [-0.3, -0.25) is 9.59 Å². The second-order valence-corrected chi connectivity index (χ2v) is 7.01. The molecule has 0 radical (unpaired) electrons. The lowest BCUT2D eigenvalue weighted by molar-refractivity contribution is -0.128. The Morgan fingerprint density at radius 3 is 2.36 bits per heavy atom. The number of nitrogens with zero attached hydrogens (tertiary/aromatic N) is 2. The molecule has 28 heavy (non-hydrogen) atoms. The fourth-order valence-corrected chi connectivity index (χ4v) is 3.50. The lowest BCUT2D eigenvalue weighted by Crippen LogP contribution is -2.28. The van der Waals surface area contributed by atoms with E-state index < -0.39 is 0 Å². The quantitative estimate of drug-likeness (QED) is 0.794. The van der Waals surface area contributed by atoms with Crippen molar-refractivity contribution < 1.29 is 14.0 Å². The van der Waals surface area contributed by atoms with Gasteiger partial charge in [0.05, 0.1) is 5.92 Å². The molecule has 0 aromatic heterocycles. The highest BCUT2D eigenvalue weighted by atomic mass is 19.1. The summed E-state index contributed by atoms with van der Waals surface area (Å²) in [5.74, 6) is -0.886. The summed E-state index contributed by atoms with van der Waals surface area (Å²) >= 11 is 0.